The minimum Gasteiger partial charge on any atom is -0.490 e. The molecule has 1 fully saturated rings. The second-order valence-corrected chi connectivity index (χ2v) is 6.14. The Kier molecular flexibility index (Phi) is 4.78. The summed E-state index contributed by atoms with van der Waals surface area (Å²) in [5.41, 5.74) is 5.59. The summed E-state index contributed by atoms with van der Waals surface area (Å²) in [6, 6.07) is 5.39. The molecular formula is C17H22N2O5. The highest BCUT2D eigenvalue weighted by Gasteiger charge is 2.32. The molecule has 0 saturated heterocycles. The predicted octanol–water partition coefficient (Wildman–Crippen LogP) is 2.22. The van der Waals surface area contributed by atoms with Crippen molar-refractivity contribution in [1.29, 1.82) is 0 Å². The zero-order valence-electron chi connectivity index (χ0n) is 13.7. The van der Waals surface area contributed by atoms with Crippen LogP contribution < -0.4 is 20.1 Å². The summed E-state index contributed by atoms with van der Waals surface area (Å²) >= 11 is 0. The summed E-state index contributed by atoms with van der Waals surface area (Å²) in [5, 5.41) is 0. The first-order chi connectivity index (χ1) is 11.5. The molecule has 1 aliphatic carbocycles. The Labute approximate surface area is 140 Å². The summed E-state index contributed by atoms with van der Waals surface area (Å²) < 4.78 is 16.5. The van der Waals surface area contributed by atoms with Crippen LogP contribution >= 0.6 is 0 Å². The first-order valence-corrected chi connectivity index (χ1v) is 8.22. The van der Waals surface area contributed by atoms with Gasteiger partial charge in [-0.15, -0.1) is 0 Å². The fourth-order valence-corrected chi connectivity index (χ4v) is 3.13. The van der Waals surface area contributed by atoms with Gasteiger partial charge in [0.2, 0.25) is 6.10 Å². The van der Waals surface area contributed by atoms with Crippen LogP contribution in [-0.2, 0) is 9.53 Å². The van der Waals surface area contributed by atoms with E-state index in [1.807, 2.05) is 6.07 Å². The molecule has 7 nitrogen and oxygen atoms in total. The van der Waals surface area contributed by atoms with Crippen LogP contribution in [0, 0.1) is 0 Å². The average Bonchev–Trinajstić information content (AvgIpc) is 2.68. The van der Waals surface area contributed by atoms with Gasteiger partial charge < -0.3 is 24.8 Å². The number of hydrogen-bond donors (Lipinski definition) is 1. The van der Waals surface area contributed by atoms with Gasteiger partial charge in [-0.05, 0) is 37.8 Å². The summed E-state index contributed by atoms with van der Waals surface area (Å²) in [6.45, 7) is -0.0675. The first kappa shape index (κ1) is 16.4. The highest BCUT2D eigenvalue weighted by Crippen LogP contribution is 2.35. The predicted molar refractivity (Wildman–Crippen MR) is 87.3 cm³/mol. The molecule has 0 spiro atoms. The monoisotopic (exact) mass is 334 g/mol. The van der Waals surface area contributed by atoms with E-state index in [0.717, 1.165) is 12.8 Å². The number of fused-ring (bicyclic) bond motifs is 1. The van der Waals surface area contributed by atoms with E-state index < -0.39 is 12.2 Å². The van der Waals surface area contributed by atoms with Gasteiger partial charge in [0.15, 0.2) is 0 Å². The van der Waals surface area contributed by atoms with E-state index in [9.17, 15) is 9.59 Å². The molecule has 2 aliphatic rings. The third kappa shape index (κ3) is 3.55. The number of benzene rings is 1. The molecule has 0 aromatic heterocycles. The smallest absolute Gasteiger partial charge is 0.405 e. The molecule has 1 aliphatic heterocycles. The number of hydrogen-bond acceptors (Lipinski definition) is 5. The Morgan fingerprint density at radius 1 is 1.29 bits per heavy atom. The molecule has 0 bridgehead atoms. The van der Waals surface area contributed by atoms with Crippen LogP contribution in [0.25, 0.3) is 0 Å². The lowest BCUT2D eigenvalue weighted by Gasteiger charge is -2.24. The number of carbonyl (C=O) groups is 2. The van der Waals surface area contributed by atoms with Gasteiger partial charge in [-0.1, -0.05) is 6.42 Å². The van der Waals surface area contributed by atoms with Crippen molar-refractivity contribution in [2.75, 3.05) is 18.6 Å². The Balaban J connectivity index is 1.78. The van der Waals surface area contributed by atoms with Crippen molar-refractivity contribution in [3.05, 3.63) is 18.2 Å². The van der Waals surface area contributed by atoms with Crippen molar-refractivity contribution in [2.24, 2.45) is 5.73 Å². The molecule has 2 amide bonds. The molecule has 7 heteroatoms. The minimum atomic E-state index is -1.05. The fraction of sp³-hybridized carbons (Fsp3) is 0.529. The molecular weight excluding hydrogens is 312 g/mol. The zero-order valence-corrected chi connectivity index (χ0v) is 13.7. The van der Waals surface area contributed by atoms with Gasteiger partial charge in [0, 0.05) is 13.1 Å². The molecule has 1 aromatic carbocycles. The lowest BCUT2D eigenvalue weighted by Crippen LogP contribution is -2.41. The van der Waals surface area contributed by atoms with Crippen molar-refractivity contribution >= 4 is 17.7 Å². The highest BCUT2D eigenvalue weighted by atomic mass is 16.6. The van der Waals surface area contributed by atoms with Crippen molar-refractivity contribution in [2.45, 2.75) is 44.3 Å². The molecule has 130 valence electrons. The van der Waals surface area contributed by atoms with Gasteiger partial charge in [-0.2, -0.15) is 0 Å². The SMILES string of the molecule is CN1C(=O)[C@@H](OC(N)=O)COc2ccc(OC3CCCCC3)cc21. The van der Waals surface area contributed by atoms with Crippen molar-refractivity contribution in [3.8, 4) is 11.5 Å². The van der Waals surface area contributed by atoms with E-state index in [1.165, 1.54) is 24.2 Å². The van der Waals surface area contributed by atoms with Crippen LogP contribution in [0.15, 0.2) is 18.2 Å². The van der Waals surface area contributed by atoms with Crippen LogP contribution in [0.4, 0.5) is 10.5 Å². The third-order valence-electron chi connectivity index (χ3n) is 4.40. The molecule has 0 radical (unpaired) electrons. The Morgan fingerprint density at radius 3 is 2.75 bits per heavy atom. The number of ether oxygens (including phenoxy) is 3. The number of nitrogens with zero attached hydrogens (tertiary/aromatic N) is 1. The standard InChI is InChI=1S/C17H22N2O5/c1-19-13-9-12(23-11-5-3-2-4-6-11)7-8-14(13)22-10-15(16(19)20)24-17(18)21/h7-9,11,15H,2-6,10H2,1H3,(H2,18,21)/t15-/m0/s1. The second kappa shape index (κ2) is 6.98. The molecule has 24 heavy (non-hydrogen) atoms. The maximum atomic E-state index is 12.4. The maximum absolute atomic E-state index is 12.4. The number of anilines is 1. The molecule has 1 atom stereocenters. The summed E-state index contributed by atoms with van der Waals surface area (Å²) in [7, 11) is 1.61. The lowest BCUT2D eigenvalue weighted by atomic mass is 9.98. The quantitative estimate of drug-likeness (QED) is 0.915. The molecule has 3 rings (SSSR count). The average molecular weight is 334 g/mol. The van der Waals surface area contributed by atoms with Crippen LogP contribution in [0.1, 0.15) is 32.1 Å². The number of amides is 2. The van der Waals surface area contributed by atoms with E-state index in [4.69, 9.17) is 19.9 Å². The summed E-state index contributed by atoms with van der Waals surface area (Å²) in [6.07, 6.45) is 3.90. The van der Waals surface area contributed by atoms with Crippen molar-refractivity contribution in [1.82, 2.24) is 0 Å². The molecule has 0 unspecified atom stereocenters. The van der Waals surface area contributed by atoms with Gasteiger partial charge in [-0.25, -0.2) is 4.79 Å². The van der Waals surface area contributed by atoms with Gasteiger partial charge in [0.05, 0.1) is 11.8 Å². The van der Waals surface area contributed by atoms with Gasteiger partial charge >= 0.3 is 6.09 Å². The first-order valence-electron chi connectivity index (χ1n) is 8.22. The second-order valence-electron chi connectivity index (χ2n) is 6.14. The van der Waals surface area contributed by atoms with Gasteiger partial charge in [-0.3, -0.25) is 4.79 Å². The van der Waals surface area contributed by atoms with E-state index in [2.05, 4.69) is 0 Å². The molecule has 1 aromatic rings. The van der Waals surface area contributed by atoms with E-state index >= 15 is 0 Å². The Bertz CT molecular complexity index is 627. The third-order valence-corrected chi connectivity index (χ3v) is 4.40. The number of likely N-dealkylation sites (N-methyl/N-ethyl adjacent to an activating group) is 1. The summed E-state index contributed by atoms with van der Waals surface area (Å²) in [5.74, 6) is 0.859. The number of nitrogens with two attached hydrogens (primary N) is 1. The van der Waals surface area contributed by atoms with Crippen molar-refractivity contribution < 1.29 is 23.8 Å². The van der Waals surface area contributed by atoms with E-state index in [0.29, 0.717) is 17.2 Å². The van der Waals surface area contributed by atoms with Gasteiger partial charge in [0.1, 0.15) is 18.1 Å². The van der Waals surface area contributed by atoms with Gasteiger partial charge in [0.25, 0.3) is 5.91 Å². The minimum absolute atomic E-state index is 0.0675. The molecule has 1 saturated carbocycles. The van der Waals surface area contributed by atoms with Crippen LogP contribution in [-0.4, -0.2) is 37.9 Å². The van der Waals surface area contributed by atoms with E-state index in [-0.39, 0.29) is 18.6 Å². The Morgan fingerprint density at radius 2 is 2.04 bits per heavy atom. The van der Waals surface area contributed by atoms with Crippen LogP contribution in [0.3, 0.4) is 0 Å². The number of rotatable bonds is 3. The zero-order chi connectivity index (χ0) is 17.1. The highest BCUT2D eigenvalue weighted by molar-refractivity contribution is 5.99. The number of carbonyl (C=O) groups excluding carboxylic acids is 2. The number of primary amides is 1. The molecule has 2 N–H and O–H groups in total. The largest absolute Gasteiger partial charge is 0.490 e. The topological polar surface area (TPSA) is 91.1 Å². The summed E-state index contributed by atoms with van der Waals surface area (Å²) in [4.78, 5) is 24.8. The Hall–Kier alpha value is -2.44. The van der Waals surface area contributed by atoms with Crippen molar-refractivity contribution in [3.63, 3.8) is 0 Å². The maximum Gasteiger partial charge on any atom is 0.405 e. The van der Waals surface area contributed by atoms with Crippen LogP contribution in [0.5, 0.6) is 11.5 Å². The van der Waals surface area contributed by atoms with Crippen LogP contribution in [0.2, 0.25) is 0 Å². The normalized spacial score (nSPS) is 21.5. The fourth-order valence-electron chi connectivity index (χ4n) is 3.13. The molecule has 1 heterocycles. The van der Waals surface area contributed by atoms with E-state index in [1.54, 1.807) is 19.2 Å². The lowest BCUT2D eigenvalue weighted by molar-refractivity contribution is -0.127.